The lowest BCUT2D eigenvalue weighted by molar-refractivity contribution is -0.121. The fraction of sp³-hybridized carbons (Fsp3) is 0.538. The summed E-state index contributed by atoms with van der Waals surface area (Å²) < 4.78 is 0. The van der Waals surface area contributed by atoms with Gasteiger partial charge in [-0.3, -0.25) is 9.78 Å². The largest absolute Gasteiger partial charge is 0.351 e. The second kappa shape index (κ2) is 5.77. The van der Waals surface area contributed by atoms with E-state index in [0.29, 0.717) is 6.42 Å². The van der Waals surface area contributed by atoms with Crippen LogP contribution in [0.1, 0.15) is 31.4 Å². The number of hydrogen-bond donors (Lipinski definition) is 2. The third-order valence-corrected chi connectivity index (χ3v) is 3.23. The van der Waals surface area contributed by atoms with Crippen molar-refractivity contribution in [1.29, 1.82) is 0 Å². The Bertz CT molecular complexity index is 366. The predicted octanol–water partition coefficient (Wildman–Crippen LogP) is 1.01. The molecule has 92 valence electrons. The van der Waals surface area contributed by atoms with Crippen LogP contribution in [0, 0.1) is 0 Å². The van der Waals surface area contributed by atoms with E-state index in [1.807, 2.05) is 18.2 Å². The summed E-state index contributed by atoms with van der Waals surface area (Å²) in [5, 5.41) is 3.01. The number of amides is 1. The highest BCUT2D eigenvalue weighted by Crippen LogP contribution is 2.16. The lowest BCUT2D eigenvalue weighted by Gasteiger charge is -2.29. The smallest absolute Gasteiger partial charge is 0.226 e. The summed E-state index contributed by atoms with van der Waals surface area (Å²) in [6.45, 7) is 0. The standard InChI is InChI=1S/C13H19N3O/c14-11-6-1-2-7-12(11)16-13(17)9-10-5-3-4-8-15-10/h3-5,8,11-12H,1-2,6-7,9,14H2,(H,16,17)/t11-,12-/m1/s1. The maximum atomic E-state index is 11.8. The van der Waals surface area contributed by atoms with Crippen LogP contribution in [-0.2, 0) is 11.2 Å². The zero-order valence-electron chi connectivity index (χ0n) is 9.93. The minimum atomic E-state index is 0.0195. The molecular weight excluding hydrogens is 214 g/mol. The van der Waals surface area contributed by atoms with Crippen LogP contribution in [0.5, 0.6) is 0 Å². The first-order valence-electron chi connectivity index (χ1n) is 6.20. The maximum Gasteiger partial charge on any atom is 0.226 e. The topological polar surface area (TPSA) is 68.0 Å². The van der Waals surface area contributed by atoms with Gasteiger partial charge < -0.3 is 11.1 Å². The lowest BCUT2D eigenvalue weighted by atomic mass is 9.91. The van der Waals surface area contributed by atoms with Crippen LogP contribution in [0.4, 0.5) is 0 Å². The van der Waals surface area contributed by atoms with Crippen molar-refractivity contribution in [3.05, 3.63) is 30.1 Å². The molecule has 1 aromatic heterocycles. The quantitative estimate of drug-likeness (QED) is 0.818. The van der Waals surface area contributed by atoms with Crippen LogP contribution in [-0.4, -0.2) is 23.0 Å². The first kappa shape index (κ1) is 12.0. The molecule has 3 N–H and O–H groups in total. The minimum Gasteiger partial charge on any atom is -0.351 e. The summed E-state index contributed by atoms with van der Waals surface area (Å²) in [6.07, 6.45) is 6.37. The molecule has 1 aliphatic rings. The Morgan fingerprint density at radius 2 is 2.24 bits per heavy atom. The van der Waals surface area contributed by atoms with Gasteiger partial charge in [-0.2, -0.15) is 0 Å². The molecule has 0 aliphatic heterocycles. The Morgan fingerprint density at radius 1 is 1.41 bits per heavy atom. The van der Waals surface area contributed by atoms with Gasteiger partial charge in [0.25, 0.3) is 0 Å². The molecule has 2 rings (SSSR count). The molecule has 0 radical (unpaired) electrons. The number of nitrogens with two attached hydrogens (primary N) is 1. The van der Waals surface area contributed by atoms with Gasteiger partial charge in [0.05, 0.1) is 6.42 Å². The monoisotopic (exact) mass is 233 g/mol. The molecule has 1 heterocycles. The molecule has 0 aromatic carbocycles. The van der Waals surface area contributed by atoms with Crippen molar-refractivity contribution in [1.82, 2.24) is 10.3 Å². The number of pyridine rings is 1. The Labute approximate surface area is 102 Å². The average molecular weight is 233 g/mol. The van der Waals surface area contributed by atoms with Gasteiger partial charge in [0.2, 0.25) is 5.91 Å². The van der Waals surface area contributed by atoms with E-state index >= 15 is 0 Å². The molecule has 0 unspecified atom stereocenters. The summed E-state index contributed by atoms with van der Waals surface area (Å²) in [4.78, 5) is 16.0. The number of nitrogens with one attached hydrogen (secondary N) is 1. The van der Waals surface area contributed by atoms with Gasteiger partial charge in [-0.1, -0.05) is 18.9 Å². The average Bonchev–Trinajstić information content (AvgIpc) is 2.33. The van der Waals surface area contributed by atoms with Crippen LogP contribution in [0.2, 0.25) is 0 Å². The van der Waals surface area contributed by atoms with Crippen molar-refractivity contribution in [2.75, 3.05) is 0 Å². The van der Waals surface area contributed by atoms with Crippen molar-refractivity contribution < 1.29 is 4.79 Å². The van der Waals surface area contributed by atoms with Crippen molar-refractivity contribution in [2.24, 2.45) is 5.73 Å². The SMILES string of the molecule is N[C@@H]1CCCC[C@H]1NC(=O)Cc1ccccn1. The summed E-state index contributed by atoms with van der Waals surface area (Å²) >= 11 is 0. The molecule has 0 bridgehead atoms. The highest BCUT2D eigenvalue weighted by Gasteiger charge is 2.23. The van der Waals surface area contributed by atoms with Crippen LogP contribution in [0.25, 0.3) is 0 Å². The number of rotatable bonds is 3. The summed E-state index contributed by atoms with van der Waals surface area (Å²) in [5.74, 6) is 0.0195. The van der Waals surface area contributed by atoms with E-state index < -0.39 is 0 Å². The van der Waals surface area contributed by atoms with Gasteiger partial charge >= 0.3 is 0 Å². The van der Waals surface area contributed by atoms with Gasteiger partial charge in [-0.15, -0.1) is 0 Å². The highest BCUT2D eigenvalue weighted by molar-refractivity contribution is 5.78. The van der Waals surface area contributed by atoms with Crippen LogP contribution >= 0.6 is 0 Å². The molecule has 1 amide bonds. The molecule has 0 spiro atoms. The Kier molecular flexibility index (Phi) is 4.09. The van der Waals surface area contributed by atoms with Crippen LogP contribution in [0.15, 0.2) is 24.4 Å². The summed E-state index contributed by atoms with van der Waals surface area (Å²) in [7, 11) is 0. The fourth-order valence-electron chi connectivity index (χ4n) is 2.26. The van der Waals surface area contributed by atoms with E-state index in [2.05, 4.69) is 10.3 Å². The molecule has 1 fully saturated rings. The molecule has 17 heavy (non-hydrogen) atoms. The second-order valence-electron chi connectivity index (χ2n) is 4.62. The zero-order valence-corrected chi connectivity index (χ0v) is 9.93. The first-order valence-corrected chi connectivity index (χ1v) is 6.20. The molecule has 4 nitrogen and oxygen atoms in total. The third-order valence-electron chi connectivity index (χ3n) is 3.23. The molecule has 4 heteroatoms. The Hall–Kier alpha value is -1.42. The third kappa shape index (κ3) is 3.53. The van der Waals surface area contributed by atoms with E-state index in [0.717, 1.165) is 25.0 Å². The number of aromatic nitrogens is 1. The van der Waals surface area contributed by atoms with Gasteiger partial charge in [0.1, 0.15) is 0 Å². The predicted molar refractivity (Wildman–Crippen MR) is 66.3 cm³/mol. The number of nitrogens with zero attached hydrogens (tertiary/aromatic N) is 1. The van der Waals surface area contributed by atoms with Crippen molar-refractivity contribution in [2.45, 2.75) is 44.2 Å². The van der Waals surface area contributed by atoms with Gasteiger partial charge in [0.15, 0.2) is 0 Å². The molecular formula is C13H19N3O. The Balaban J connectivity index is 1.84. The molecule has 2 atom stereocenters. The molecule has 0 saturated heterocycles. The summed E-state index contributed by atoms with van der Waals surface area (Å²) in [6, 6.07) is 5.84. The maximum absolute atomic E-state index is 11.8. The molecule has 1 aromatic rings. The van der Waals surface area contributed by atoms with Gasteiger partial charge in [0, 0.05) is 24.0 Å². The van der Waals surface area contributed by atoms with E-state index in [1.54, 1.807) is 6.20 Å². The van der Waals surface area contributed by atoms with Gasteiger partial charge in [-0.25, -0.2) is 0 Å². The number of carbonyl (C=O) groups is 1. The molecule has 1 saturated carbocycles. The second-order valence-corrected chi connectivity index (χ2v) is 4.62. The van der Waals surface area contributed by atoms with Crippen LogP contribution in [0.3, 0.4) is 0 Å². The fourth-order valence-corrected chi connectivity index (χ4v) is 2.26. The van der Waals surface area contributed by atoms with Crippen molar-refractivity contribution >= 4 is 5.91 Å². The molecule has 1 aliphatic carbocycles. The van der Waals surface area contributed by atoms with Gasteiger partial charge in [-0.05, 0) is 25.0 Å². The van der Waals surface area contributed by atoms with Crippen molar-refractivity contribution in [3.63, 3.8) is 0 Å². The van der Waals surface area contributed by atoms with E-state index in [9.17, 15) is 4.79 Å². The highest BCUT2D eigenvalue weighted by atomic mass is 16.1. The first-order chi connectivity index (χ1) is 8.25. The Morgan fingerprint density at radius 3 is 2.94 bits per heavy atom. The van der Waals surface area contributed by atoms with Crippen LogP contribution < -0.4 is 11.1 Å². The minimum absolute atomic E-state index is 0.0195. The van der Waals surface area contributed by atoms with Crippen molar-refractivity contribution in [3.8, 4) is 0 Å². The van der Waals surface area contributed by atoms with E-state index in [4.69, 9.17) is 5.73 Å². The van der Waals surface area contributed by atoms with E-state index in [1.165, 1.54) is 6.42 Å². The number of hydrogen-bond acceptors (Lipinski definition) is 3. The van der Waals surface area contributed by atoms with E-state index in [-0.39, 0.29) is 18.0 Å². The summed E-state index contributed by atoms with van der Waals surface area (Å²) in [5.41, 5.74) is 6.79. The normalized spacial score (nSPS) is 24.3. The number of carbonyl (C=O) groups excluding carboxylic acids is 1. The lowest BCUT2D eigenvalue weighted by Crippen LogP contribution is -2.49. The zero-order chi connectivity index (χ0) is 12.1.